The van der Waals surface area contributed by atoms with Crippen molar-refractivity contribution in [1.29, 1.82) is 0 Å². The van der Waals surface area contributed by atoms with E-state index in [0.717, 1.165) is 5.56 Å². The van der Waals surface area contributed by atoms with Crippen molar-refractivity contribution in [2.45, 2.75) is 57.6 Å². The number of carbonyl (C=O) groups is 2. The van der Waals surface area contributed by atoms with Crippen LogP contribution in [0.15, 0.2) is 24.3 Å². The van der Waals surface area contributed by atoms with Crippen molar-refractivity contribution in [2.24, 2.45) is 0 Å². The van der Waals surface area contributed by atoms with E-state index in [1.54, 1.807) is 7.11 Å². The summed E-state index contributed by atoms with van der Waals surface area (Å²) in [7, 11) is 1.55. The van der Waals surface area contributed by atoms with Gasteiger partial charge in [0, 0.05) is 26.5 Å². The number of methoxy groups -OCH3 is 1. The summed E-state index contributed by atoms with van der Waals surface area (Å²) < 4.78 is 5.22. The molecule has 2 atom stereocenters. The highest BCUT2D eigenvalue weighted by Gasteiger charge is 2.39. The quantitative estimate of drug-likeness (QED) is 0.899. The van der Waals surface area contributed by atoms with Gasteiger partial charge in [0.25, 0.3) is 0 Å². The van der Waals surface area contributed by atoms with Gasteiger partial charge in [-0.2, -0.15) is 0 Å². The number of likely N-dealkylation sites (tertiary alicyclic amines) is 1. The van der Waals surface area contributed by atoms with Gasteiger partial charge < -0.3 is 14.7 Å². The van der Waals surface area contributed by atoms with E-state index >= 15 is 0 Å². The lowest BCUT2D eigenvalue weighted by Gasteiger charge is -2.21. The second-order valence-electron chi connectivity index (χ2n) is 7.44. The normalized spacial score (nSPS) is 21.1. The molecule has 24 heavy (non-hydrogen) atoms. The molecule has 5 heteroatoms. The summed E-state index contributed by atoms with van der Waals surface area (Å²) in [6.07, 6.45) is 1.09. The zero-order valence-corrected chi connectivity index (χ0v) is 14.9. The third-order valence-corrected chi connectivity index (χ3v) is 4.65. The Balaban J connectivity index is 1.96. The molecule has 0 spiro atoms. The zero-order chi connectivity index (χ0) is 17.9. The molecule has 2 rings (SSSR count). The standard InChI is InChI=1S/C19H27NO4/c1-19(2,3)14-8-5-13(6-9-14)7-10-17(21)20-12-15(24-4)11-16(20)18(22)23/h5-6,8-9,15-16H,7,10-12H2,1-4H3,(H,22,23). The summed E-state index contributed by atoms with van der Waals surface area (Å²) in [5.41, 5.74) is 2.45. The third kappa shape index (κ3) is 4.35. The molecule has 132 valence electrons. The first-order chi connectivity index (χ1) is 11.2. The van der Waals surface area contributed by atoms with Crippen LogP contribution in [0.2, 0.25) is 0 Å². The van der Waals surface area contributed by atoms with E-state index in [1.807, 2.05) is 12.1 Å². The Bertz CT molecular complexity index is 588. The van der Waals surface area contributed by atoms with Crippen LogP contribution in [-0.4, -0.2) is 47.7 Å². The van der Waals surface area contributed by atoms with Crippen LogP contribution in [0.5, 0.6) is 0 Å². The molecule has 2 unspecified atom stereocenters. The molecule has 1 aliphatic rings. The number of amides is 1. The summed E-state index contributed by atoms with van der Waals surface area (Å²) in [4.78, 5) is 25.2. The maximum atomic E-state index is 12.4. The lowest BCUT2D eigenvalue weighted by molar-refractivity contribution is -0.148. The summed E-state index contributed by atoms with van der Waals surface area (Å²) in [6.45, 7) is 6.85. The SMILES string of the molecule is COC1CC(C(=O)O)N(C(=O)CCc2ccc(C(C)(C)C)cc2)C1. The van der Waals surface area contributed by atoms with Gasteiger partial charge in [-0.15, -0.1) is 0 Å². The highest BCUT2D eigenvalue weighted by Crippen LogP contribution is 2.24. The molecule has 0 radical (unpaired) electrons. The van der Waals surface area contributed by atoms with E-state index in [0.29, 0.717) is 25.8 Å². The molecule has 5 nitrogen and oxygen atoms in total. The molecule has 1 N–H and O–H groups in total. The molecule has 0 aromatic heterocycles. The van der Waals surface area contributed by atoms with Gasteiger partial charge in [-0.3, -0.25) is 4.79 Å². The van der Waals surface area contributed by atoms with Crippen LogP contribution >= 0.6 is 0 Å². The van der Waals surface area contributed by atoms with Crippen LogP contribution in [0, 0.1) is 0 Å². The lowest BCUT2D eigenvalue weighted by Crippen LogP contribution is -2.40. The Labute approximate surface area is 143 Å². The van der Waals surface area contributed by atoms with Crippen molar-refractivity contribution >= 4 is 11.9 Å². The largest absolute Gasteiger partial charge is 0.480 e. The molecular weight excluding hydrogens is 306 g/mol. The van der Waals surface area contributed by atoms with E-state index in [1.165, 1.54) is 10.5 Å². The first-order valence-electron chi connectivity index (χ1n) is 8.37. The minimum absolute atomic E-state index is 0.105. The van der Waals surface area contributed by atoms with Crippen molar-refractivity contribution in [3.05, 3.63) is 35.4 Å². The molecule has 1 heterocycles. The summed E-state index contributed by atoms with van der Waals surface area (Å²) in [5, 5.41) is 9.29. The lowest BCUT2D eigenvalue weighted by atomic mass is 9.86. The van der Waals surface area contributed by atoms with Crippen LogP contribution in [0.4, 0.5) is 0 Å². The summed E-state index contributed by atoms with van der Waals surface area (Å²) in [5.74, 6) is -1.08. The molecule has 1 fully saturated rings. The molecule has 1 saturated heterocycles. The van der Waals surface area contributed by atoms with E-state index in [9.17, 15) is 14.7 Å². The van der Waals surface area contributed by atoms with Crippen LogP contribution < -0.4 is 0 Å². The topological polar surface area (TPSA) is 66.8 Å². The number of hydrogen-bond donors (Lipinski definition) is 1. The number of benzene rings is 1. The first-order valence-corrected chi connectivity index (χ1v) is 8.37. The number of carboxylic acids is 1. The predicted octanol–water partition coefficient (Wildman–Crippen LogP) is 2.62. The molecule has 1 aromatic carbocycles. The van der Waals surface area contributed by atoms with Crippen molar-refractivity contribution in [3.8, 4) is 0 Å². The zero-order valence-electron chi connectivity index (χ0n) is 14.9. The fourth-order valence-electron chi connectivity index (χ4n) is 3.04. The predicted molar refractivity (Wildman–Crippen MR) is 92.0 cm³/mol. The highest BCUT2D eigenvalue weighted by atomic mass is 16.5. The molecule has 1 amide bonds. The molecule has 1 aliphatic heterocycles. The monoisotopic (exact) mass is 333 g/mol. The third-order valence-electron chi connectivity index (χ3n) is 4.65. The van der Waals surface area contributed by atoms with Crippen molar-refractivity contribution in [3.63, 3.8) is 0 Å². The highest BCUT2D eigenvalue weighted by molar-refractivity contribution is 5.84. The second-order valence-corrected chi connectivity index (χ2v) is 7.44. The van der Waals surface area contributed by atoms with Gasteiger partial charge >= 0.3 is 5.97 Å². The average molecular weight is 333 g/mol. The van der Waals surface area contributed by atoms with Crippen LogP contribution in [0.25, 0.3) is 0 Å². The van der Waals surface area contributed by atoms with Gasteiger partial charge in [0.05, 0.1) is 6.10 Å². The van der Waals surface area contributed by atoms with Gasteiger partial charge in [-0.1, -0.05) is 45.0 Å². The maximum Gasteiger partial charge on any atom is 0.326 e. The summed E-state index contributed by atoms with van der Waals surface area (Å²) in [6, 6.07) is 7.51. The number of hydrogen-bond acceptors (Lipinski definition) is 3. The van der Waals surface area contributed by atoms with Gasteiger partial charge in [0.2, 0.25) is 5.91 Å². The first kappa shape index (κ1) is 18.5. The van der Waals surface area contributed by atoms with Crippen molar-refractivity contribution < 1.29 is 19.4 Å². The number of rotatable bonds is 5. The second kappa shape index (κ2) is 7.34. The molecule has 0 saturated carbocycles. The van der Waals surface area contributed by atoms with Crippen LogP contribution in [0.1, 0.15) is 44.7 Å². The van der Waals surface area contributed by atoms with Gasteiger partial charge in [-0.05, 0) is 23.0 Å². The number of carboxylic acid groups (broad SMARTS) is 1. The Morgan fingerprint density at radius 1 is 1.25 bits per heavy atom. The van der Waals surface area contributed by atoms with Crippen molar-refractivity contribution in [1.82, 2.24) is 4.90 Å². The molecular formula is C19H27NO4. The minimum atomic E-state index is -0.961. The van der Waals surface area contributed by atoms with Gasteiger partial charge in [0.15, 0.2) is 0 Å². The van der Waals surface area contributed by atoms with Gasteiger partial charge in [0.1, 0.15) is 6.04 Å². The molecule has 0 aliphatic carbocycles. The maximum absolute atomic E-state index is 12.4. The Hall–Kier alpha value is -1.88. The Morgan fingerprint density at radius 3 is 2.38 bits per heavy atom. The smallest absolute Gasteiger partial charge is 0.326 e. The van der Waals surface area contributed by atoms with Crippen LogP contribution in [-0.2, 0) is 26.2 Å². The van der Waals surface area contributed by atoms with Gasteiger partial charge in [-0.25, -0.2) is 4.79 Å². The number of ether oxygens (including phenoxy) is 1. The van der Waals surface area contributed by atoms with E-state index in [2.05, 4.69) is 32.9 Å². The van der Waals surface area contributed by atoms with E-state index in [4.69, 9.17) is 4.74 Å². The van der Waals surface area contributed by atoms with E-state index < -0.39 is 12.0 Å². The fourth-order valence-corrected chi connectivity index (χ4v) is 3.04. The molecule has 0 bridgehead atoms. The average Bonchev–Trinajstić information content (AvgIpc) is 2.97. The minimum Gasteiger partial charge on any atom is -0.480 e. The van der Waals surface area contributed by atoms with Crippen LogP contribution in [0.3, 0.4) is 0 Å². The summed E-state index contributed by atoms with van der Waals surface area (Å²) >= 11 is 0. The molecule has 1 aromatic rings. The number of nitrogens with zero attached hydrogens (tertiary/aromatic N) is 1. The fraction of sp³-hybridized carbons (Fsp3) is 0.579. The number of aryl methyl sites for hydroxylation is 1. The Kier molecular flexibility index (Phi) is 5.65. The van der Waals surface area contributed by atoms with E-state index in [-0.39, 0.29) is 17.4 Å². The van der Waals surface area contributed by atoms with Crippen molar-refractivity contribution in [2.75, 3.05) is 13.7 Å². The number of carbonyl (C=O) groups excluding carboxylic acids is 1. The number of aliphatic carboxylic acids is 1. The Morgan fingerprint density at radius 2 is 1.88 bits per heavy atom.